The SMILES string of the molecule is C/C(=N\O)c1cc(C)c(C)[nH]1. The summed E-state index contributed by atoms with van der Waals surface area (Å²) < 4.78 is 0. The Morgan fingerprint density at radius 2 is 2.18 bits per heavy atom. The minimum absolute atomic E-state index is 0.612. The first-order valence-electron chi connectivity index (χ1n) is 3.50. The first-order valence-corrected chi connectivity index (χ1v) is 3.50. The zero-order valence-electron chi connectivity index (χ0n) is 6.97. The molecule has 0 bridgehead atoms. The molecule has 0 amide bonds. The molecule has 11 heavy (non-hydrogen) atoms. The smallest absolute Gasteiger partial charge is 0.0998 e. The number of aryl methyl sites for hydroxylation is 2. The molecule has 0 atom stereocenters. The van der Waals surface area contributed by atoms with E-state index >= 15 is 0 Å². The van der Waals surface area contributed by atoms with E-state index in [1.165, 1.54) is 5.56 Å². The molecule has 0 fully saturated rings. The van der Waals surface area contributed by atoms with Crippen LogP contribution in [0.1, 0.15) is 23.9 Å². The molecule has 1 aromatic rings. The molecular formula is C8H12N2O. The fraction of sp³-hybridized carbons (Fsp3) is 0.375. The second-order valence-corrected chi connectivity index (χ2v) is 2.68. The lowest BCUT2D eigenvalue weighted by atomic mass is 10.2. The largest absolute Gasteiger partial charge is 0.411 e. The fourth-order valence-corrected chi connectivity index (χ4v) is 0.910. The molecule has 1 rings (SSSR count). The van der Waals surface area contributed by atoms with E-state index in [9.17, 15) is 0 Å². The van der Waals surface area contributed by atoms with E-state index in [0.717, 1.165) is 11.4 Å². The minimum atomic E-state index is 0.612. The molecule has 0 saturated carbocycles. The fourth-order valence-electron chi connectivity index (χ4n) is 0.910. The number of oxime groups is 1. The lowest BCUT2D eigenvalue weighted by Crippen LogP contribution is -1.93. The van der Waals surface area contributed by atoms with Gasteiger partial charge < -0.3 is 10.2 Å². The normalized spacial score (nSPS) is 12.1. The molecule has 2 N–H and O–H groups in total. The van der Waals surface area contributed by atoms with Crippen molar-refractivity contribution in [1.29, 1.82) is 0 Å². The minimum Gasteiger partial charge on any atom is -0.411 e. The van der Waals surface area contributed by atoms with Crippen LogP contribution in [0.3, 0.4) is 0 Å². The van der Waals surface area contributed by atoms with Gasteiger partial charge in [0.15, 0.2) is 0 Å². The molecule has 0 radical (unpaired) electrons. The van der Waals surface area contributed by atoms with Crippen LogP contribution < -0.4 is 0 Å². The number of nitrogens with zero attached hydrogens (tertiary/aromatic N) is 1. The second-order valence-electron chi connectivity index (χ2n) is 2.68. The monoisotopic (exact) mass is 152 g/mol. The van der Waals surface area contributed by atoms with Gasteiger partial charge in [-0.05, 0) is 32.4 Å². The van der Waals surface area contributed by atoms with E-state index in [1.54, 1.807) is 6.92 Å². The van der Waals surface area contributed by atoms with Crippen LogP contribution in [-0.2, 0) is 0 Å². The van der Waals surface area contributed by atoms with Crippen molar-refractivity contribution in [2.45, 2.75) is 20.8 Å². The van der Waals surface area contributed by atoms with E-state index in [4.69, 9.17) is 5.21 Å². The van der Waals surface area contributed by atoms with E-state index < -0.39 is 0 Å². The van der Waals surface area contributed by atoms with Crippen LogP contribution in [0.2, 0.25) is 0 Å². The summed E-state index contributed by atoms with van der Waals surface area (Å²) in [6.45, 7) is 5.76. The van der Waals surface area contributed by atoms with Gasteiger partial charge in [0.1, 0.15) is 0 Å². The summed E-state index contributed by atoms with van der Waals surface area (Å²) in [7, 11) is 0. The second kappa shape index (κ2) is 2.78. The Morgan fingerprint density at radius 3 is 2.55 bits per heavy atom. The molecular weight excluding hydrogens is 140 g/mol. The predicted molar refractivity (Wildman–Crippen MR) is 44.3 cm³/mol. The zero-order chi connectivity index (χ0) is 8.43. The Bertz CT molecular complexity index is 267. The van der Waals surface area contributed by atoms with E-state index in [0.29, 0.717) is 5.71 Å². The van der Waals surface area contributed by atoms with Crippen molar-refractivity contribution in [2.75, 3.05) is 0 Å². The lowest BCUT2D eigenvalue weighted by Gasteiger charge is -1.90. The average molecular weight is 152 g/mol. The highest BCUT2D eigenvalue weighted by molar-refractivity contribution is 5.96. The number of aromatic nitrogens is 1. The first-order chi connectivity index (χ1) is 5.15. The predicted octanol–water partition coefficient (Wildman–Crippen LogP) is 1.83. The number of rotatable bonds is 1. The van der Waals surface area contributed by atoms with Gasteiger partial charge in [0, 0.05) is 5.69 Å². The first kappa shape index (κ1) is 7.85. The Labute approximate surface area is 65.7 Å². The molecule has 0 unspecified atom stereocenters. The molecule has 0 aliphatic carbocycles. The quantitative estimate of drug-likeness (QED) is 0.360. The molecule has 1 aromatic heterocycles. The highest BCUT2D eigenvalue weighted by Gasteiger charge is 2.02. The summed E-state index contributed by atoms with van der Waals surface area (Å²) in [5, 5.41) is 11.6. The van der Waals surface area contributed by atoms with Crippen LogP contribution in [0.25, 0.3) is 0 Å². The van der Waals surface area contributed by atoms with E-state index in [-0.39, 0.29) is 0 Å². The van der Waals surface area contributed by atoms with Crippen molar-refractivity contribution >= 4 is 5.71 Å². The topological polar surface area (TPSA) is 48.4 Å². The highest BCUT2D eigenvalue weighted by Crippen LogP contribution is 2.08. The van der Waals surface area contributed by atoms with Crippen LogP contribution in [0.5, 0.6) is 0 Å². The van der Waals surface area contributed by atoms with E-state index in [1.807, 2.05) is 19.9 Å². The summed E-state index contributed by atoms with van der Waals surface area (Å²) in [5.41, 5.74) is 3.79. The molecule has 1 heterocycles. The third-order valence-electron chi connectivity index (χ3n) is 1.81. The van der Waals surface area contributed by atoms with Gasteiger partial charge in [0.05, 0.1) is 11.4 Å². The lowest BCUT2D eigenvalue weighted by molar-refractivity contribution is 0.319. The van der Waals surface area contributed by atoms with E-state index in [2.05, 4.69) is 10.1 Å². The van der Waals surface area contributed by atoms with Gasteiger partial charge in [-0.1, -0.05) is 5.16 Å². The van der Waals surface area contributed by atoms with Gasteiger partial charge in [-0.3, -0.25) is 0 Å². The van der Waals surface area contributed by atoms with Gasteiger partial charge in [0.25, 0.3) is 0 Å². The summed E-state index contributed by atoms with van der Waals surface area (Å²) in [6, 6.07) is 1.96. The molecule has 0 spiro atoms. The number of hydrogen-bond donors (Lipinski definition) is 2. The van der Waals surface area contributed by atoms with Gasteiger partial charge in [-0.15, -0.1) is 0 Å². The van der Waals surface area contributed by atoms with Crippen molar-refractivity contribution in [3.05, 3.63) is 23.0 Å². The Hall–Kier alpha value is -1.25. The number of nitrogens with one attached hydrogen (secondary N) is 1. The van der Waals surface area contributed by atoms with Crippen molar-refractivity contribution in [3.63, 3.8) is 0 Å². The van der Waals surface area contributed by atoms with Gasteiger partial charge >= 0.3 is 0 Å². The average Bonchev–Trinajstić information content (AvgIpc) is 2.31. The number of aromatic amines is 1. The van der Waals surface area contributed by atoms with Crippen LogP contribution >= 0.6 is 0 Å². The van der Waals surface area contributed by atoms with Crippen LogP contribution in [0.15, 0.2) is 11.2 Å². The summed E-state index contributed by atoms with van der Waals surface area (Å²) in [4.78, 5) is 3.10. The van der Waals surface area contributed by atoms with Crippen molar-refractivity contribution in [2.24, 2.45) is 5.16 Å². The zero-order valence-corrected chi connectivity index (χ0v) is 6.97. The van der Waals surface area contributed by atoms with Crippen molar-refractivity contribution in [3.8, 4) is 0 Å². The molecule has 0 saturated heterocycles. The Balaban J connectivity index is 3.07. The number of hydrogen-bond acceptors (Lipinski definition) is 2. The van der Waals surface area contributed by atoms with Crippen LogP contribution in [0, 0.1) is 13.8 Å². The molecule has 60 valence electrons. The number of H-pyrrole nitrogens is 1. The molecule has 3 nitrogen and oxygen atoms in total. The maximum atomic E-state index is 8.46. The Morgan fingerprint density at radius 1 is 1.55 bits per heavy atom. The summed E-state index contributed by atoms with van der Waals surface area (Å²) >= 11 is 0. The maximum Gasteiger partial charge on any atom is 0.0998 e. The third kappa shape index (κ3) is 1.42. The molecule has 0 aliphatic rings. The maximum absolute atomic E-state index is 8.46. The van der Waals surface area contributed by atoms with Gasteiger partial charge in [0.2, 0.25) is 0 Å². The van der Waals surface area contributed by atoms with Crippen molar-refractivity contribution in [1.82, 2.24) is 4.98 Å². The van der Waals surface area contributed by atoms with Gasteiger partial charge in [-0.25, -0.2) is 0 Å². The van der Waals surface area contributed by atoms with Gasteiger partial charge in [-0.2, -0.15) is 0 Å². The summed E-state index contributed by atoms with van der Waals surface area (Å²) in [5.74, 6) is 0. The van der Waals surface area contributed by atoms with Crippen LogP contribution in [-0.4, -0.2) is 15.9 Å². The van der Waals surface area contributed by atoms with Crippen molar-refractivity contribution < 1.29 is 5.21 Å². The molecule has 0 aromatic carbocycles. The molecule has 3 heteroatoms. The van der Waals surface area contributed by atoms with Crippen LogP contribution in [0.4, 0.5) is 0 Å². The Kier molecular flexibility index (Phi) is 1.98. The molecule has 0 aliphatic heterocycles. The third-order valence-corrected chi connectivity index (χ3v) is 1.81. The standard InChI is InChI=1S/C8H12N2O/c1-5-4-8(7(3)10-11)9-6(5)2/h4,9,11H,1-3H3/b10-7+. The summed E-state index contributed by atoms with van der Waals surface area (Å²) in [6.07, 6.45) is 0. The highest BCUT2D eigenvalue weighted by atomic mass is 16.4.